The van der Waals surface area contributed by atoms with Crippen molar-refractivity contribution in [3.05, 3.63) is 95.3 Å². The van der Waals surface area contributed by atoms with Crippen LogP contribution in [0.15, 0.2) is 83.0 Å². The molecule has 0 spiro atoms. The van der Waals surface area contributed by atoms with Crippen LogP contribution >= 0.6 is 11.8 Å². The van der Waals surface area contributed by atoms with Gasteiger partial charge in [-0.15, -0.1) is 5.10 Å². The zero-order chi connectivity index (χ0) is 19.1. The van der Waals surface area contributed by atoms with Gasteiger partial charge in [0.05, 0.1) is 6.21 Å². The summed E-state index contributed by atoms with van der Waals surface area (Å²) in [4.78, 5) is 0. The number of hydrogen-bond acceptors (Lipinski definition) is 3. The van der Waals surface area contributed by atoms with Crippen LogP contribution in [0.25, 0.3) is 11.1 Å². The molecule has 2 N–H and O–H groups in total. The van der Waals surface area contributed by atoms with E-state index in [1.165, 1.54) is 17.3 Å². The van der Waals surface area contributed by atoms with Crippen molar-refractivity contribution in [2.24, 2.45) is 15.9 Å². The highest BCUT2D eigenvalue weighted by Gasteiger charge is 2.02. The van der Waals surface area contributed by atoms with Crippen LogP contribution in [0.2, 0.25) is 0 Å². The Balaban J connectivity index is 1.65. The lowest BCUT2D eigenvalue weighted by Gasteiger charge is -2.04. The van der Waals surface area contributed by atoms with Gasteiger partial charge in [-0.2, -0.15) is 5.10 Å². The molecule has 136 valence electrons. The van der Waals surface area contributed by atoms with Crippen molar-refractivity contribution in [3.8, 4) is 11.1 Å². The Labute approximate surface area is 162 Å². The molecule has 0 aliphatic carbocycles. The summed E-state index contributed by atoms with van der Waals surface area (Å²) >= 11 is 1.44. The Morgan fingerprint density at radius 3 is 2.56 bits per heavy atom. The molecular formula is C22H20FN3S. The van der Waals surface area contributed by atoms with E-state index in [4.69, 9.17) is 5.73 Å². The lowest BCUT2D eigenvalue weighted by atomic mass is 10.0. The van der Waals surface area contributed by atoms with E-state index in [-0.39, 0.29) is 5.82 Å². The number of halogens is 1. The molecular weight excluding hydrogens is 357 g/mol. The lowest BCUT2D eigenvalue weighted by molar-refractivity contribution is 0.619. The topological polar surface area (TPSA) is 50.7 Å². The van der Waals surface area contributed by atoms with Crippen LogP contribution in [0.1, 0.15) is 16.7 Å². The van der Waals surface area contributed by atoms with Crippen LogP contribution < -0.4 is 5.73 Å². The molecule has 0 aliphatic rings. The summed E-state index contributed by atoms with van der Waals surface area (Å²) in [6.45, 7) is 1.75. The summed E-state index contributed by atoms with van der Waals surface area (Å²) in [5.74, 6) is 0.541. The SMILES string of the molecule is Cc1ccc(-c2cccc(C=NN=C(N)SCc3ccccc3)c2)cc1F. The molecule has 0 amide bonds. The van der Waals surface area contributed by atoms with Crippen molar-refractivity contribution < 1.29 is 4.39 Å². The van der Waals surface area contributed by atoms with Gasteiger partial charge in [-0.1, -0.05) is 72.4 Å². The van der Waals surface area contributed by atoms with E-state index in [9.17, 15) is 4.39 Å². The fourth-order valence-electron chi connectivity index (χ4n) is 2.48. The molecule has 0 bridgehead atoms. The lowest BCUT2D eigenvalue weighted by Crippen LogP contribution is -2.05. The number of rotatable bonds is 5. The summed E-state index contributed by atoms with van der Waals surface area (Å²) in [5.41, 5.74) is 10.3. The van der Waals surface area contributed by atoms with E-state index in [1.807, 2.05) is 60.7 Å². The minimum atomic E-state index is -0.209. The van der Waals surface area contributed by atoms with Gasteiger partial charge in [0.1, 0.15) is 5.82 Å². The van der Waals surface area contributed by atoms with Gasteiger partial charge < -0.3 is 5.73 Å². The molecule has 0 aromatic heterocycles. The predicted molar refractivity (Wildman–Crippen MR) is 114 cm³/mol. The van der Waals surface area contributed by atoms with Crippen LogP contribution in [0.4, 0.5) is 4.39 Å². The number of benzene rings is 3. The Bertz CT molecular complexity index is 968. The van der Waals surface area contributed by atoms with Gasteiger partial charge in [0.2, 0.25) is 0 Å². The van der Waals surface area contributed by atoms with Crippen molar-refractivity contribution in [2.45, 2.75) is 12.7 Å². The standard InChI is InChI=1S/C22H20FN3S/c1-16-10-11-20(13-21(16)23)19-9-5-8-18(12-19)14-25-26-22(24)27-15-17-6-3-2-4-7-17/h2-14H,15H2,1H3,(H2,24,26). The molecule has 3 rings (SSSR count). The maximum Gasteiger partial charge on any atom is 0.180 e. The largest absolute Gasteiger partial charge is 0.377 e. The molecule has 0 radical (unpaired) electrons. The molecule has 5 heteroatoms. The quantitative estimate of drug-likeness (QED) is 0.368. The second-order valence-electron chi connectivity index (χ2n) is 6.05. The molecule has 0 aliphatic heterocycles. The third-order valence-corrected chi connectivity index (χ3v) is 4.84. The second kappa shape index (κ2) is 9.14. The van der Waals surface area contributed by atoms with Crippen molar-refractivity contribution in [2.75, 3.05) is 0 Å². The number of aryl methyl sites for hydroxylation is 1. The highest BCUT2D eigenvalue weighted by molar-refractivity contribution is 8.13. The van der Waals surface area contributed by atoms with Crippen LogP contribution in [0.5, 0.6) is 0 Å². The van der Waals surface area contributed by atoms with Crippen molar-refractivity contribution >= 4 is 23.1 Å². The average molecular weight is 377 g/mol. The van der Waals surface area contributed by atoms with Gasteiger partial charge in [0.15, 0.2) is 5.17 Å². The van der Waals surface area contributed by atoms with Gasteiger partial charge >= 0.3 is 0 Å². The first-order valence-corrected chi connectivity index (χ1v) is 9.50. The maximum absolute atomic E-state index is 13.8. The summed E-state index contributed by atoms with van der Waals surface area (Å²) in [5, 5.41) is 8.50. The molecule has 0 unspecified atom stereocenters. The van der Waals surface area contributed by atoms with Crippen LogP contribution in [0, 0.1) is 12.7 Å². The van der Waals surface area contributed by atoms with Gasteiger partial charge in [-0.25, -0.2) is 4.39 Å². The Morgan fingerprint density at radius 2 is 1.78 bits per heavy atom. The Morgan fingerprint density at radius 1 is 1.00 bits per heavy atom. The maximum atomic E-state index is 13.8. The summed E-state index contributed by atoms with van der Waals surface area (Å²) in [7, 11) is 0. The Kier molecular flexibility index (Phi) is 6.39. The normalized spacial score (nSPS) is 11.9. The van der Waals surface area contributed by atoms with Gasteiger partial charge in [0.25, 0.3) is 0 Å². The first-order valence-electron chi connectivity index (χ1n) is 8.51. The number of nitrogens with zero attached hydrogens (tertiary/aromatic N) is 2. The monoisotopic (exact) mass is 377 g/mol. The minimum absolute atomic E-state index is 0.209. The third kappa shape index (κ3) is 5.53. The molecule has 0 heterocycles. The molecule has 3 aromatic rings. The number of amidine groups is 1. The van der Waals surface area contributed by atoms with Crippen molar-refractivity contribution in [1.82, 2.24) is 0 Å². The number of thioether (sulfide) groups is 1. The highest BCUT2D eigenvalue weighted by atomic mass is 32.2. The molecule has 0 fully saturated rings. The van der Waals surface area contributed by atoms with Crippen molar-refractivity contribution in [1.29, 1.82) is 0 Å². The fourth-order valence-corrected chi connectivity index (χ4v) is 3.10. The van der Waals surface area contributed by atoms with Crippen molar-refractivity contribution in [3.63, 3.8) is 0 Å². The van der Waals surface area contributed by atoms with E-state index in [0.29, 0.717) is 10.7 Å². The molecule has 0 atom stereocenters. The fraction of sp³-hybridized carbons (Fsp3) is 0.0909. The summed E-state index contributed by atoms with van der Waals surface area (Å²) < 4.78 is 13.8. The van der Waals surface area contributed by atoms with Gasteiger partial charge in [-0.05, 0) is 46.9 Å². The second-order valence-corrected chi connectivity index (χ2v) is 7.04. The average Bonchev–Trinajstić information content (AvgIpc) is 2.69. The zero-order valence-corrected chi connectivity index (χ0v) is 15.8. The van der Waals surface area contributed by atoms with E-state index in [1.54, 1.807) is 25.3 Å². The minimum Gasteiger partial charge on any atom is -0.377 e. The molecule has 3 aromatic carbocycles. The van der Waals surface area contributed by atoms with Crippen LogP contribution in [0.3, 0.4) is 0 Å². The van der Waals surface area contributed by atoms with Crippen LogP contribution in [-0.2, 0) is 5.75 Å². The third-order valence-electron chi connectivity index (χ3n) is 3.98. The summed E-state index contributed by atoms with van der Waals surface area (Å²) in [6, 6.07) is 23.0. The highest BCUT2D eigenvalue weighted by Crippen LogP contribution is 2.22. The number of hydrogen-bond donors (Lipinski definition) is 1. The van der Waals surface area contributed by atoms with E-state index in [0.717, 1.165) is 22.4 Å². The number of nitrogens with two attached hydrogens (primary N) is 1. The summed E-state index contributed by atoms with van der Waals surface area (Å²) in [6.07, 6.45) is 1.64. The zero-order valence-electron chi connectivity index (χ0n) is 15.0. The smallest absolute Gasteiger partial charge is 0.180 e. The molecule has 3 nitrogen and oxygen atoms in total. The predicted octanol–water partition coefficient (Wildman–Crippen LogP) is 5.38. The molecule has 27 heavy (non-hydrogen) atoms. The Hall–Kier alpha value is -2.92. The first kappa shape index (κ1) is 18.9. The van der Waals surface area contributed by atoms with E-state index in [2.05, 4.69) is 10.2 Å². The molecule has 0 saturated heterocycles. The van der Waals surface area contributed by atoms with Crippen LogP contribution in [-0.4, -0.2) is 11.4 Å². The van der Waals surface area contributed by atoms with Gasteiger partial charge in [0, 0.05) is 5.75 Å². The van der Waals surface area contributed by atoms with E-state index >= 15 is 0 Å². The first-order chi connectivity index (χ1) is 13.1. The van der Waals surface area contributed by atoms with E-state index < -0.39 is 0 Å². The van der Waals surface area contributed by atoms with Gasteiger partial charge in [-0.3, -0.25) is 0 Å². The molecule has 0 saturated carbocycles.